The zero-order chi connectivity index (χ0) is 13.0. The summed E-state index contributed by atoms with van der Waals surface area (Å²) < 4.78 is 26.5. The first kappa shape index (κ1) is 13.2. The molecule has 1 aromatic rings. The maximum atomic E-state index is 13.7. The molecule has 0 bridgehead atoms. The van der Waals surface area contributed by atoms with E-state index in [0.29, 0.717) is 18.8 Å². The molecule has 1 aromatic carbocycles. The van der Waals surface area contributed by atoms with Crippen LogP contribution in [0.25, 0.3) is 0 Å². The van der Waals surface area contributed by atoms with E-state index in [1.165, 1.54) is 12.1 Å². The molecule has 2 rings (SSSR count). The van der Waals surface area contributed by atoms with Crippen LogP contribution >= 0.6 is 0 Å². The lowest BCUT2D eigenvalue weighted by atomic mass is 10.0. The highest BCUT2D eigenvalue weighted by Gasteiger charge is 2.21. The van der Waals surface area contributed by atoms with Gasteiger partial charge in [0.25, 0.3) is 0 Å². The first-order chi connectivity index (χ1) is 8.70. The minimum absolute atomic E-state index is 0.0986. The Morgan fingerprint density at radius 2 is 2.22 bits per heavy atom. The Morgan fingerprint density at radius 1 is 1.39 bits per heavy atom. The summed E-state index contributed by atoms with van der Waals surface area (Å²) in [5.41, 5.74) is 0.451. The van der Waals surface area contributed by atoms with Crippen LogP contribution in [0.5, 0.6) is 0 Å². The summed E-state index contributed by atoms with van der Waals surface area (Å²) in [6.07, 6.45) is 1.97. The smallest absolute Gasteiger partial charge is 0.149 e. The molecule has 100 valence electrons. The van der Waals surface area contributed by atoms with Crippen molar-refractivity contribution in [2.45, 2.75) is 18.9 Å². The quantitative estimate of drug-likeness (QED) is 0.857. The largest absolute Gasteiger partial charge is 0.395 e. The third-order valence-electron chi connectivity index (χ3n) is 3.22. The molecule has 5 heteroatoms. The molecular formula is C13H18F2N2O. The molecule has 1 unspecified atom stereocenters. The maximum Gasteiger partial charge on any atom is 0.149 e. The summed E-state index contributed by atoms with van der Waals surface area (Å²) in [6.45, 7) is 2.11. The Labute approximate surface area is 105 Å². The van der Waals surface area contributed by atoms with Crippen molar-refractivity contribution in [3.8, 4) is 0 Å². The number of aliphatic hydroxyl groups is 1. The number of rotatable bonds is 4. The van der Waals surface area contributed by atoms with E-state index in [2.05, 4.69) is 5.32 Å². The highest BCUT2D eigenvalue weighted by Crippen LogP contribution is 2.23. The normalized spacial score (nSPS) is 20.2. The molecule has 18 heavy (non-hydrogen) atoms. The Hall–Kier alpha value is -1.20. The molecule has 1 aliphatic heterocycles. The molecule has 1 saturated heterocycles. The van der Waals surface area contributed by atoms with Crippen LogP contribution in [0.3, 0.4) is 0 Å². The van der Waals surface area contributed by atoms with E-state index in [1.54, 1.807) is 0 Å². The van der Waals surface area contributed by atoms with Crippen molar-refractivity contribution in [3.63, 3.8) is 0 Å². The fourth-order valence-electron chi connectivity index (χ4n) is 2.37. The molecule has 0 saturated carbocycles. The summed E-state index contributed by atoms with van der Waals surface area (Å²) in [6, 6.07) is 3.93. The fraction of sp³-hybridized carbons (Fsp3) is 0.538. The van der Waals surface area contributed by atoms with Crippen LogP contribution in [0.4, 0.5) is 14.5 Å². The molecule has 0 aromatic heterocycles. The number of benzene rings is 1. The van der Waals surface area contributed by atoms with Gasteiger partial charge >= 0.3 is 0 Å². The Bertz CT molecular complexity index is 401. The van der Waals surface area contributed by atoms with E-state index < -0.39 is 11.6 Å². The molecule has 1 heterocycles. The van der Waals surface area contributed by atoms with Crippen molar-refractivity contribution >= 4 is 5.69 Å². The Kier molecular flexibility index (Phi) is 4.49. The lowest BCUT2D eigenvalue weighted by molar-refractivity contribution is 0.278. The highest BCUT2D eigenvalue weighted by atomic mass is 19.1. The number of piperidine rings is 1. The number of anilines is 1. The van der Waals surface area contributed by atoms with Crippen molar-refractivity contribution in [2.75, 3.05) is 31.1 Å². The second-order valence-corrected chi connectivity index (χ2v) is 4.56. The molecule has 0 amide bonds. The third-order valence-corrected chi connectivity index (χ3v) is 3.22. The van der Waals surface area contributed by atoms with Gasteiger partial charge in [-0.05, 0) is 25.0 Å². The van der Waals surface area contributed by atoms with Crippen LogP contribution in [0.1, 0.15) is 12.8 Å². The zero-order valence-corrected chi connectivity index (χ0v) is 10.2. The van der Waals surface area contributed by atoms with Gasteiger partial charge in [0.1, 0.15) is 11.6 Å². The average Bonchev–Trinajstić information content (AvgIpc) is 2.36. The average molecular weight is 256 g/mol. The highest BCUT2D eigenvalue weighted by molar-refractivity contribution is 5.48. The number of nitrogens with zero attached hydrogens (tertiary/aromatic N) is 1. The number of nitrogens with one attached hydrogen (secondary N) is 1. The topological polar surface area (TPSA) is 35.5 Å². The summed E-state index contributed by atoms with van der Waals surface area (Å²) in [5, 5.41) is 12.0. The standard InChI is InChI=1S/C13H18F2N2O/c14-10-3-4-13(12(15)8-10)17-6-1-2-11(9-17)16-5-7-18/h3-4,8,11,16,18H,1-2,5-7,9H2. The van der Waals surface area contributed by atoms with Crippen molar-refractivity contribution in [3.05, 3.63) is 29.8 Å². The van der Waals surface area contributed by atoms with Crippen molar-refractivity contribution < 1.29 is 13.9 Å². The Morgan fingerprint density at radius 3 is 2.94 bits per heavy atom. The van der Waals surface area contributed by atoms with Crippen LogP contribution in [0, 0.1) is 11.6 Å². The van der Waals surface area contributed by atoms with Gasteiger partial charge in [0.15, 0.2) is 0 Å². The van der Waals surface area contributed by atoms with E-state index in [1.807, 2.05) is 4.90 Å². The van der Waals surface area contributed by atoms with Crippen LogP contribution in [0.2, 0.25) is 0 Å². The van der Waals surface area contributed by atoms with Gasteiger partial charge in [0.2, 0.25) is 0 Å². The monoisotopic (exact) mass is 256 g/mol. The van der Waals surface area contributed by atoms with E-state index >= 15 is 0 Å². The van der Waals surface area contributed by atoms with Gasteiger partial charge in [-0.25, -0.2) is 8.78 Å². The van der Waals surface area contributed by atoms with Gasteiger partial charge in [-0.1, -0.05) is 0 Å². The van der Waals surface area contributed by atoms with Crippen LogP contribution in [-0.4, -0.2) is 37.4 Å². The van der Waals surface area contributed by atoms with Gasteiger partial charge in [0.05, 0.1) is 12.3 Å². The SMILES string of the molecule is OCCNC1CCCN(c2ccc(F)cc2F)C1. The molecule has 3 nitrogen and oxygen atoms in total. The van der Waals surface area contributed by atoms with Gasteiger partial charge in [-0.2, -0.15) is 0 Å². The number of hydrogen-bond acceptors (Lipinski definition) is 3. The molecule has 1 fully saturated rings. The van der Waals surface area contributed by atoms with Crippen LogP contribution in [-0.2, 0) is 0 Å². The van der Waals surface area contributed by atoms with Crippen LogP contribution < -0.4 is 10.2 Å². The van der Waals surface area contributed by atoms with E-state index in [0.717, 1.165) is 25.5 Å². The minimum Gasteiger partial charge on any atom is -0.395 e. The summed E-state index contributed by atoms with van der Waals surface area (Å²) in [7, 11) is 0. The first-order valence-electron chi connectivity index (χ1n) is 6.25. The second kappa shape index (κ2) is 6.11. The molecule has 0 radical (unpaired) electrons. The molecule has 0 spiro atoms. The minimum atomic E-state index is -0.553. The predicted octanol–water partition coefficient (Wildman–Crippen LogP) is 1.52. The van der Waals surface area contributed by atoms with E-state index in [-0.39, 0.29) is 12.6 Å². The molecular weight excluding hydrogens is 238 g/mol. The molecule has 1 atom stereocenters. The number of aliphatic hydroxyl groups excluding tert-OH is 1. The van der Waals surface area contributed by atoms with Gasteiger partial charge < -0.3 is 15.3 Å². The van der Waals surface area contributed by atoms with Crippen LogP contribution in [0.15, 0.2) is 18.2 Å². The van der Waals surface area contributed by atoms with E-state index in [9.17, 15) is 8.78 Å². The lowest BCUT2D eigenvalue weighted by Crippen LogP contribution is -2.46. The van der Waals surface area contributed by atoms with Crippen molar-refractivity contribution in [2.24, 2.45) is 0 Å². The lowest BCUT2D eigenvalue weighted by Gasteiger charge is -2.35. The van der Waals surface area contributed by atoms with Crippen molar-refractivity contribution in [1.82, 2.24) is 5.32 Å². The summed E-state index contributed by atoms with van der Waals surface area (Å²) in [4.78, 5) is 1.92. The number of halogens is 2. The predicted molar refractivity (Wildman–Crippen MR) is 66.7 cm³/mol. The molecule has 1 aliphatic rings. The first-order valence-corrected chi connectivity index (χ1v) is 6.25. The number of hydrogen-bond donors (Lipinski definition) is 2. The Balaban J connectivity index is 2.03. The zero-order valence-electron chi connectivity index (χ0n) is 10.2. The fourth-order valence-corrected chi connectivity index (χ4v) is 2.37. The summed E-state index contributed by atoms with van der Waals surface area (Å²) in [5.74, 6) is -1.07. The van der Waals surface area contributed by atoms with E-state index in [4.69, 9.17) is 5.11 Å². The second-order valence-electron chi connectivity index (χ2n) is 4.56. The van der Waals surface area contributed by atoms with Gasteiger partial charge in [-0.3, -0.25) is 0 Å². The van der Waals surface area contributed by atoms with Gasteiger partial charge in [0, 0.05) is 31.7 Å². The summed E-state index contributed by atoms with van der Waals surface area (Å²) >= 11 is 0. The molecule has 2 N–H and O–H groups in total. The molecule has 0 aliphatic carbocycles. The van der Waals surface area contributed by atoms with Crippen molar-refractivity contribution in [1.29, 1.82) is 0 Å². The van der Waals surface area contributed by atoms with Gasteiger partial charge in [-0.15, -0.1) is 0 Å². The maximum absolute atomic E-state index is 13.7. The third kappa shape index (κ3) is 3.17.